The van der Waals surface area contributed by atoms with Crippen molar-refractivity contribution in [3.8, 4) is 0 Å². The number of nitrogens with two attached hydrogens (primary N) is 3. The monoisotopic (exact) mass is 574 g/mol. The van der Waals surface area contributed by atoms with Gasteiger partial charge in [0.15, 0.2) is 0 Å². The zero-order valence-corrected chi connectivity index (χ0v) is 21.3. The summed E-state index contributed by atoms with van der Waals surface area (Å²) in [7, 11) is 0. The van der Waals surface area contributed by atoms with Crippen LogP contribution in [0.3, 0.4) is 0 Å². The highest BCUT2D eigenvalue weighted by molar-refractivity contribution is 5.92. The van der Waals surface area contributed by atoms with Gasteiger partial charge in [-0.3, -0.25) is 14.4 Å². The van der Waals surface area contributed by atoms with Gasteiger partial charge in [-0.25, -0.2) is 8.78 Å². The molecule has 2 aromatic carbocycles. The Bertz CT molecular complexity index is 1160. The van der Waals surface area contributed by atoms with Crippen molar-refractivity contribution < 1.29 is 41.4 Å². The number of hydrogen-bond acceptors (Lipinski definition) is 7. The number of hydrogen-bond donors (Lipinski definition) is 6. The summed E-state index contributed by atoms with van der Waals surface area (Å²) in [4.78, 5) is 39.6. The quantitative estimate of drug-likeness (QED) is 0.186. The third kappa shape index (κ3) is 9.22. The number of carbonyl (C=O) groups is 3. The fraction of sp³-hybridized carbons (Fsp3) is 0.400. The molecular formula is C25H31F5N6O4. The van der Waals surface area contributed by atoms with Crippen LogP contribution in [0.25, 0.3) is 0 Å². The number of carbonyl (C=O) groups excluding carboxylic acids is 3. The highest BCUT2D eigenvalue weighted by Crippen LogP contribution is 2.30. The number of aliphatic hydroxyl groups is 1. The van der Waals surface area contributed by atoms with Gasteiger partial charge in [0.25, 0.3) is 0 Å². The molecule has 0 bridgehead atoms. The predicted octanol–water partition coefficient (Wildman–Crippen LogP) is 0.282. The predicted molar refractivity (Wildman–Crippen MR) is 134 cm³/mol. The summed E-state index contributed by atoms with van der Waals surface area (Å²) in [6.07, 6.45) is -7.06. The van der Waals surface area contributed by atoms with Gasteiger partial charge in [0.05, 0.1) is 18.0 Å². The number of amides is 3. The van der Waals surface area contributed by atoms with Gasteiger partial charge in [-0.2, -0.15) is 13.2 Å². The van der Waals surface area contributed by atoms with Crippen LogP contribution in [0.15, 0.2) is 42.5 Å². The Hall–Kier alpha value is -3.66. The summed E-state index contributed by atoms with van der Waals surface area (Å²) < 4.78 is 66.3. The third-order valence-electron chi connectivity index (χ3n) is 5.82. The van der Waals surface area contributed by atoms with E-state index in [1.54, 1.807) is 0 Å². The van der Waals surface area contributed by atoms with E-state index in [2.05, 4.69) is 10.6 Å². The Morgan fingerprint density at radius 3 is 2.10 bits per heavy atom. The molecule has 9 N–H and O–H groups in total. The summed E-state index contributed by atoms with van der Waals surface area (Å²) in [5.41, 5.74) is 15.4. The van der Waals surface area contributed by atoms with Gasteiger partial charge in [0, 0.05) is 38.3 Å². The molecule has 2 aromatic rings. The van der Waals surface area contributed by atoms with E-state index >= 15 is 0 Å². The molecule has 0 spiro atoms. The number of rotatable bonds is 13. The van der Waals surface area contributed by atoms with Gasteiger partial charge >= 0.3 is 6.18 Å². The number of alkyl halides is 3. The molecule has 0 fully saturated rings. The average Bonchev–Trinajstić information content (AvgIpc) is 2.90. The number of nitrogens with zero attached hydrogens (tertiary/aromatic N) is 1. The molecule has 10 nitrogen and oxygen atoms in total. The van der Waals surface area contributed by atoms with Crippen LogP contribution in [0.5, 0.6) is 0 Å². The van der Waals surface area contributed by atoms with Crippen LogP contribution in [0.4, 0.5) is 22.0 Å². The van der Waals surface area contributed by atoms with Crippen molar-refractivity contribution in [1.82, 2.24) is 15.5 Å². The smallest absolute Gasteiger partial charge is 0.386 e. The molecule has 3 amide bonds. The van der Waals surface area contributed by atoms with E-state index in [-0.39, 0.29) is 37.3 Å². The van der Waals surface area contributed by atoms with E-state index in [0.717, 1.165) is 30.3 Å². The molecule has 220 valence electrons. The molecule has 0 radical (unpaired) electrons. The van der Waals surface area contributed by atoms with Crippen LogP contribution < -0.4 is 27.8 Å². The van der Waals surface area contributed by atoms with Gasteiger partial charge in [0.1, 0.15) is 23.8 Å². The van der Waals surface area contributed by atoms with Crippen molar-refractivity contribution >= 4 is 17.7 Å². The lowest BCUT2D eigenvalue weighted by molar-refractivity contribution is -0.138. The number of halogens is 5. The molecule has 0 aliphatic heterocycles. The minimum atomic E-state index is -4.66. The lowest BCUT2D eigenvalue weighted by Crippen LogP contribution is -2.55. The minimum absolute atomic E-state index is 0.126. The average molecular weight is 575 g/mol. The summed E-state index contributed by atoms with van der Waals surface area (Å²) >= 11 is 0. The van der Waals surface area contributed by atoms with Crippen molar-refractivity contribution in [2.24, 2.45) is 17.2 Å². The molecule has 2 rings (SSSR count). The Labute approximate surface area is 226 Å². The first-order valence-electron chi connectivity index (χ1n) is 12.1. The topological polar surface area (TPSA) is 177 Å². The highest BCUT2D eigenvalue weighted by Gasteiger charge is 2.34. The molecule has 0 aliphatic carbocycles. The van der Waals surface area contributed by atoms with Crippen molar-refractivity contribution in [2.45, 2.75) is 37.3 Å². The number of nitrogens with one attached hydrogen (secondary N) is 2. The minimum Gasteiger partial charge on any atom is -0.386 e. The van der Waals surface area contributed by atoms with Crippen LogP contribution in [0.1, 0.15) is 29.2 Å². The van der Waals surface area contributed by atoms with E-state index in [1.807, 2.05) is 0 Å². The standard InChI is InChI=1S/C25H31F5N6O4/c26-17-5-6-18(27)15(11-17)13-34-24(40)21(22(38)14-1-3-16(4-2-14)25(28,29)30)35-23(39)19(33)12-20(37)36(9-7-31)10-8-32/h1-6,11,19,21-22,38H,7-10,12-13,31-33H2,(H,34,40)(H,35,39)/t19-,21-,22+/m0/s1. The molecule has 15 heteroatoms. The van der Waals surface area contributed by atoms with Gasteiger partial charge < -0.3 is 37.8 Å². The van der Waals surface area contributed by atoms with Crippen molar-refractivity contribution in [3.05, 3.63) is 70.8 Å². The Morgan fingerprint density at radius 2 is 1.55 bits per heavy atom. The van der Waals surface area contributed by atoms with E-state index < -0.39 is 72.2 Å². The summed E-state index contributed by atoms with van der Waals surface area (Å²) in [5.74, 6) is -4.31. The second-order valence-corrected chi connectivity index (χ2v) is 8.77. The van der Waals surface area contributed by atoms with E-state index in [1.165, 1.54) is 4.90 Å². The van der Waals surface area contributed by atoms with E-state index in [9.17, 15) is 41.4 Å². The maximum absolute atomic E-state index is 14.0. The van der Waals surface area contributed by atoms with Crippen molar-refractivity contribution in [1.29, 1.82) is 0 Å². The first kappa shape index (κ1) is 32.6. The van der Waals surface area contributed by atoms with E-state index in [0.29, 0.717) is 12.1 Å². The molecule has 0 aromatic heterocycles. The van der Waals surface area contributed by atoms with Crippen LogP contribution in [0.2, 0.25) is 0 Å². The normalized spacial score (nSPS) is 13.7. The summed E-state index contributed by atoms with van der Waals surface area (Å²) in [5, 5.41) is 15.3. The molecule has 0 saturated carbocycles. The molecule has 3 atom stereocenters. The second-order valence-electron chi connectivity index (χ2n) is 8.77. The van der Waals surface area contributed by atoms with E-state index in [4.69, 9.17) is 17.2 Å². The Kier molecular flexibility index (Phi) is 11.9. The fourth-order valence-electron chi connectivity index (χ4n) is 3.66. The zero-order valence-electron chi connectivity index (χ0n) is 21.3. The van der Waals surface area contributed by atoms with Crippen LogP contribution in [-0.2, 0) is 27.1 Å². The van der Waals surface area contributed by atoms with Crippen LogP contribution >= 0.6 is 0 Å². The third-order valence-corrected chi connectivity index (χ3v) is 5.82. The molecule has 0 saturated heterocycles. The van der Waals surface area contributed by atoms with Gasteiger partial charge in [-0.05, 0) is 35.9 Å². The zero-order chi connectivity index (χ0) is 30.0. The molecule has 0 heterocycles. The SMILES string of the molecule is NCCN(CCN)C(=O)C[C@H](N)C(=O)N[C@H](C(=O)NCc1cc(F)ccc1F)[C@H](O)c1ccc(C(F)(F)F)cc1. The van der Waals surface area contributed by atoms with Crippen molar-refractivity contribution in [2.75, 3.05) is 26.2 Å². The number of benzene rings is 2. The Balaban J connectivity index is 2.25. The highest BCUT2D eigenvalue weighted by atomic mass is 19.4. The first-order chi connectivity index (χ1) is 18.8. The molecule has 40 heavy (non-hydrogen) atoms. The Morgan fingerprint density at radius 1 is 0.950 bits per heavy atom. The first-order valence-corrected chi connectivity index (χ1v) is 12.1. The lowest BCUT2D eigenvalue weighted by Gasteiger charge is -2.26. The lowest BCUT2D eigenvalue weighted by atomic mass is 9.99. The van der Waals surface area contributed by atoms with Crippen molar-refractivity contribution in [3.63, 3.8) is 0 Å². The largest absolute Gasteiger partial charge is 0.416 e. The second kappa shape index (κ2) is 14.6. The van der Waals surface area contributed by atoms with Crippen LogP contribution in [0, 0.1) is 11.6 Å². The van der Waals surface area contributed by atoms with Gasteiger partial charge in [-0.15, -0.1) is 0 Å². The molecular weight excluding hydrogens is 543 g/mol. The van der Waals surface area contributed by atoms with Gasteiger partial charge in [-0.1, -0.05) is 12.1 Å². The molecule has 0 unspecified atom stereocenters. The summed E-state index contributed by atoms with van der Waals surface area (Å²) in [6.45, 7) is 0.00482. The maximum atomic E-state index is 14.0. The van der Waals surface area contributed by atoms with Crippen LogP contribution in [-0.4, -0.2) is 66.0 Å². The number of aliphatic hydroxyl groups excluding tert-OH is 1. The molecule has 0 aliphatic rings. The fourth-order valence-corrected chi connectivity index (χ4v) is 3.66. The van der Waals surface area contributed by atoms with Gasteiger partial charge in [0.2, 0.25) is 17.7 Å². The summed E-state index contributed by atoms with van der Waals surface area (Å²) in [6, 6.07) is 2.35. The maximum Gasteiger partial charge on any atom is 0.416 e.